The molecule has 0 bridgehead atoms. The van der Waals surface area contributed by atoms with Gasteiger partial charge in [-0.1, -0.05) is 23.7 Å². The van der Waals surface area contributed by atoms with Gasteiger partial charge in [-0.15, -0.1) is 0 Å². The molecule has 0 spiro atoms. The van der Waals surface area contributed by atoms with Crippen molar-refractivity contribution in [3.05, 3.63) is 58.4 Å². The van der Waals surface area contributed by atoms with E-state index in [9.17, 15) is 4.39 Å². The van der Waals surface area contributed by atoms with E-state index in [2.05, 4.69) is 11.4 Å². The smallest absolute Gasteiger partial charge is 0.143 e. The van der Waals surface area contributed by atoms with E-state index in [-0.39, 0.29) is 5.02 Å². The number of ether oxygens (including phenoxy) is 1. The van der Waals surface area contributed by atoms with Crippen LogP contribution in [-0.2, 0) is 13.0 Å². The molecule has 0 radical (unpaired) electrons. The van der Waals surface area contributed by atoms with Crippen LogP contribution in [0.1, 0.15) is 11.1 Å². The molecule has 2 aromatic rings. The van der Waals surface area contributed by atoms with E-state index in [0.717, 1.165) is 30.0 Å². The normalized spacial score (nSPS) is 12.9. The summed E-state index contributed by atoms with van der Waals surface area (Å²) in [5.41, 5.74) is 3.11. The fraction of sp³-hybridized carbons (Fsp3) is 0.200. The number of hydrogen-bond donors (Lipinski definition) is 1. The molecule has 2 nitrogen and oxygen atoms in total. The van der Waals surface area contributed by atoms with Gasteiger partial charge in [0.1, 0.15) is 11.6 Å². The van der Waals surface area contributed by atoms with Gasteiger partial charge in [0.2, 0.25) is 0 Å². The first-order chi connectivity index (χ1) is 9.22. The van der Waals surface area contributed by atoms with Crippen LogP contribution in [0.15, 0.2) is 36.4 Å². The summed E-state index contributed by atoms with van der Waals surface area (Å²) in [6.07, 6.45) is 0.957. The molecule has 19 heavy (non-hydrogen) atoms. The lowest BCUT2D eigenvalue weighted by atomic mass is 10.1. The van der Waals surface area contributed by atoms with E-state index in [0.29, 0.717) is 6.54 Å². The van der Waals surface area contributed by atoms with Crippen LogP contribution < -0.4 is 10.1 Å². The highest BCUT2D eigenvalue weighted by Gasteiger charge is 2.11. The third-order valence-corrected chi connectivity index (χ3v) is 3.48. The summed E-state index contributed by atoms with van der Waals surface area (Å²) in [7, 11) is 0. The Morgan fingerprint density at radius 1 is 1.21 bits per heavy atom. The Bertz CT molecular complexity index is 615. The van der Waals surface area contributed by atoms with Crippen LogP contribution in [0.5, 0.6) is 5.75 Å². The fourth-order valence-electron chi connectivity index (χ4n) is 2.16. The summed E-state index contributed by atoms with van der Waals surface area (Å²) in [4.78, 5) is 0. The molecule has 4 heteroatoms. The molecule has 0 saturated heterocycles. The molecule has 0 aliphatic carbocycles. The SMILES string of the molecule is Fc1cc(NCc2ccc3c(c2)CCO3)ccc1Cl. The lowest BCUT2D eigenvalue weighted by Crippen LogP contribution is -2.00. The van der Waals surface area contributed by atoms with Gasteiger partial charge in [0.05, 0.1) is 11.6 Å². The van der Waals surface area contributed by atoms with Crippen molar-refractivity contribution in [1.82, 2.24) is 0 Å². The van der Waals surface area contributed by atoms with Gasteiger partial charge >= 0.3 is 0 Å². The first-order valence-corrected chi connectivity index (χ1v) is 6.54. The van der Waals surface area contributed by atoms with E-state index in [1.54, 1.807) is 12.1 Å². The zero-order chi connectivity index (χ0) is 13.2. The van der Waals surface area contributed by atoms with Crippen LogP contribution in [0.25, 0.3) is 0 Å². The van der Waals surface area contributed by atoms with E-state index in [1.165, 1.54) is 11.6 Å². The maximum Gasteiger partial charge on any atom is 0.143 e. The van der Waals surface area contributed by atoms with Crippen molar-refractivity contribution in [3.63, 3.8) is 0 Å². The highest BCUT2D eigenvalue weighted by molar-refractivity contribution is 6.30. The largest absolute Gasteiger partial charge is 0.493 e. The molecule has 2 aromatic carbocycles. The van der Waals surface area contributed by atoms with E-state index < -0.39 is 5.82 Å². The standard InChI is InChI=1S/C15H13ClFNO/c16-13-3-2-12(8-14(13)17)18-9-10-1-4-15-11(7-10)5-6-19-15/h1-4,7-8,18H,5-6,9H2. The summed E-state index contributed by atoms with van der Waals surface area (Å²) in [5, 5.41) is 3.32. The van der Waals surface area contributed by atoms with Crippen LogP contribution in [0, 0.1) is 5.82 Å². The number of fused-ring (bicyclic) bond motifs is 1. The number of anilines is 1. The molecule has 0 atom stereocenters. The van der Waals surface area contributed by atoms with Gasteiger partial charge < -0.3 is 10.1 Å². The second kappa shape index (κ2) is 5.10. The summed E-state index contributed by atoms with van der Waals surface area (Å²) in [5.74, 6) is 0.565. The second-order valence-electron chi connectivity index (χ2n) is 4.52. The Labute approximate surface area is 116 Å². The van der Waals surface area contributed by atoms with Gasteiger partial charge in [-0.2, -0.15) is 0 Å². The molecule has 1 aliphatic rings. The van der Waals surface area contributed by atoms with Gasteiger partial charge in [-0.05, 0) is 35.4 Å². The van der Waals surface area contributed by atoms with Crippen LogP contribution >= 0.6 is 11.6 Å². The molecular formula is C15H13ClFNO. The van der Waals surface area contributed by atoms with Crippen LogP contribution in [0.3, 0.4) is 0 Å². The second-order valence-corrected chi connectivity index (χ2v) is 4.93. The van der Waals surface area contributed by atoms with Crippen molar-refractivity contribution in [2.45, 2.75) is 13.0 Å². The Balaban J connectivity index is 1.70. The minimum atomic E-state index is -0.408. The van der Waals surface area contributed by atoms with Crippen molar-refractivity contribution in [2.75, 3.05) is 11.9 Å². The maximum atomic E-state index is 13.3. The van der Waals surface area contributed by atoms with E-state index in [1.807, 2.05) is 12.1 Å². The lowest BCUT2D eigenvalue weighted by molar-refractivity contribution is 0.357. The van der Waals surface area contributed by atoms with Crippen LogP contribution in [-0.4, -0.2) is 6.61 Å². The summed E-state index contributed by atoms with van der Waals surface area (Å²) in [6, 6.07) is 10.9. The first-order valence-electron chi connectivity index (χ1n) is 6.16. The molecule has 1 N–H and O–H groups in total. The van der Waals surface area contributed by atoms with Crippen molar-refractivity contribution >= 4 is 17.3 Å². The number of halogens is 2. The highest BCUT2D eigenvalue weighted by atomic mass is 35.5. The fourth-order valence-corrected chi connectivity index (χ4v) is 2.28. The van der Waals surface area contributed by atoms with Gasteiger partial charge in [-0.3, -0.25) is 0 Å². The topological polar surface area (TPSA) is 21.3 Å². The molecular weight excluding hydrogens is 265 g/mol. The Morgan fingerprint density at radius 3 is 2.95 bits per heavy atom. The monoisotopic (exact) mass is 277 g/mol. The van der Waals surface area contributed by atoms with E-state index >= 15 is 0 Å². The summed E-state index contributed by atoms with van der Waals surface area (Å²) < 4.78 is 18.8. The Morgan fingerprint density at radius 2 is 2.11 bits per heavy atom. The quantitative estimate of drug-likeness (QED) is 0.915. The Kier molecular flexibility index (Phi) is 3.30. The van der Waals surface area contributed by atoms with Crippen LogP contribution in [0.4, 0.5) is 10.1 Å². The molecule has 0 amide bonds. The highest BCUT2D eigenvalue weighted by Crippen LogP contribution is 2.26. The van der Waals surface area contributed by atoms with Crippen molar-refractivity contribution < 1.29 is 9.13 Å². The molecule has 3 rings (SSSR count). The third-order valence-electron chi connectivity index (χ3n) is 3.17. The molecule has 1 aliphatic heterocycles. The predicted molar refractivity (Wildman–Crippen MR) is 74.4 cm³/mol. The average molecular weight is 278 g/mol. The maximum absolute atomic E-state index is 13.3. The van der Waals surface area contributed by atoms with Gasteiger partial charge in [-0.25, -0.2) is 4.39 Å². The van der Waals surface area contributed by atoms with Crippen molar-refractivity contribution in [1.29, 1.82) is 0 Å². The lowest BCUT2D eigenvalue weighted by Gasteiger charge is -2.08. The zero-order valence-corrected chi connectivity index (χ0v) is 11.0. The average Bonchev–Trinajstić information content (AvgIpc) is 2.87. The number of hydrogen-bond acceptors (Lipinski definition) is 2. The van der Waals surface area contributed by atoms with Gasteiger partial charge in [0.25, 0.3) is 0 Å². The van der Waals surface area contributed by atoms with E-state index in [4.69, 9.17) is 16.3 Å². The predicted octanol–water partition coefficient (Wildman–Crippen LogP) is 4.03. The third kappa shape index (κ3) is 2.66. The van der Waals surface area contributed by atoms with Crippen LogP contribution in [0.2, 0.25) is 5.02 Å². The number of benzene rings is 2. The van der Waals surface area contributed by atoms with Gasteiger partial charge in [0, 0.05) is 18.7 Å². The van der Waals surface area contributed by atoms with Gasteiger partial charge in [0.15, 0.2) is 0 Å². The molecule has 0 aromatic heterocycles. The van der Waals surface area contributed by atoms with Crippen molar-refractivity contribution in [3.8, 4) is 5.75 Å². The Hall–Kier alpha value is -1.74. The minimum Gasteiger partial charge on any atom is -0.493 e. The summed E-state index contributed by atoms with van der Waals surface area (Å²) in [6.45, 7) is 1.41. The molecule has 98 valence electrons. The van der Waals surface area contributed by atoms with Crippen molar-refractivity contribution in [2.24, 2.45) is 0 Å². The molecule has 0 saturated carbocycles. The first kappa shape index (κ1) is 12.3. The molecule has 0 unspecified atom stereocenters. The number of nitrogens with one attached hydrogen (secondary N) is 1. The minimum absolute atomic E-state index is 0.139. The molecule has 1 heterocycles. The molecule has 0 fully saturated rings. The zero-order valence-electron chi connectivity index (χ0n) is 10.2. The summed E-state index contributed by atoms with van der Waals surface area (Å²) >= 11 is 5.65. The number of rotatable bonds is 3.